The Labute approximate surface area is 103 Å². The number of rotatable bonds is 4. The molecule has 0 aromatic rings. The fourth-order valence-electron chi connectivity index (χ4n) is 1.80. The fourth-order valence-corrected chi connectivity index (χ4v) is 1.80. The quantitative estimate of drug-likeness (QED) is 0.571. The first-order chi connectivity index (χ1) is 8.00. The summed E-state index contributed by atoms with van der Waals surface area (Å²) >= 11 is 0. The number of hydrogen-bond acceptors (Lipinski definition) is 4. The third kappa shape index (κ3) is 4.29. The Bertz CT molecular complexity index is 290. The van der Waals surface area contributed by atoms with Crippen LogP contribution in [-0.4, -0.2) is 40.9 Å². The lowest BCUT2D eigenvalue weighted by molar-refractivity contribution is -0.154. The standard InChI is InChI=1S/C13H22O4/c1-4-5-6-7-8-10(15)12-11(9-14)16-13(2,3)17-12/h10-12,14-15H,4-6,9H2,1-3H3. The Kier molecular flexibility index (Phi) is 5.41. The number of hydrogen-bond donors (Lipinski definition) is 2. The first-order valence-electron chi connectivity index (χ1n) is 6.13. The van der Waals surface area contributed by atoms with Crippen molar-refractivity contribution in [2.24, 2.45) is 0 Å². The van der Waals surface area contributed by atoms with Gasteiger partial charge in [0.2, 0.25) is 0 Å². The molecule has 2 N–H and O–H groups in total. The van der Waals surface area contributed by atoms with Crippen molar-refractivity contribution >= 4 is 0 Å². The predicted molar refractivity (Wildman–Crippen MR) is 64.2 cm³/mol. The van der Waals surface area contributed by atoms with E-state index in [1.807, 2.05) is 0 Å². The van der Waals surface area contributed by atoms with Crippen LogP contribution in [0.5, 0.6) is 0 Å². The molecular weight excluding hydrogens is 220 g/mol. The Morgan fingerprint density at radius 2 is 2.06 bits per heavy atom. The van der Waals surface area contributed by atoms with Gasteiger partial charge in [-0.05, 0) is 20.3 Å². The van der Waals surface area contributed by atoms with Gasteiger partial charge in [0, 0.05) is 6.42 Å². The molecule has 3 unspecified atom stereocenters. The molecule has 0 spiro atoms. The molecule has 17 heavy (non-hydrogen) atoms. The molecule has 0 radical (unpaired) electrons. The molecule has 1 aliphatic heterocycles. The van der Waals surface area contributed by atoms with Gasteiger partial charge in [0.1, 0.15) is 18.3 Å². The molecule has 1 rings (SSSR count). The van der Waals surface area contributed by atoms with Crippen LogP contribution in [0.15, 0.2) is 0 Å². The molecule has 1 aliphatic rings. The summed E-state index contributed by atoms with van der Waals surface area (Å²) in [7, 11) is 0. The van der Waals surface area contributed by atoms with Crippen molar-refractivity contribution in [1.29, 1.82) is 0 Å². The van der Waals surface area contributed by atoms with E-state index in [1.165, 1.54) is 0 Å². The maximum Gasteiger partial charge on any atom is 0.164 e. The summed E-state index contributed by atoms with van der Waals surface area (Å²) in [5, 5.41) is 19.1. The van der Waals surface area contributed by atoms with E-state index < -0.39 is 24.1 Å². The van der Waals surface area contributed by atoms with E-state index >= 15 is 0 Å². The van der Waals surface area contributed by atoms with E-state index in [0.717, 1.165) is 19.3 Å². The number of unbranched alkanes of at least 4 members (excludes halogenated alkanes) is 2. The van der Waals surface area contributed by atoms with Gasteiger partial charge in [-0.1, -0.05) is 19.3 Å². The highest BCUT2D eigenvalue weighted by Crippen LogP contribution is 2.29. The van der Waals surface area contributed by atoms with Gasteiger partial charge in [0.15, 0.2) is 5.79 Å². The zero-order valence-electron chi connectivity index (χ0n) is 10.8. The van der Waals surface area contributed by atoms with E-state index in [4.69, 9.17) is 14.6 Å². The number of aliphatic hydroxyl groups excluding tert-OH is 2. The summed E-state index contributed by atoms with van der Waals surface area (Å²) in [6.45, 7) is 5.43. The zero-order chi connectivity index (χ0) is 12.9. The van der Waals surface area contributed by atoms with Crippen LogP contribution in [-0.2, 0) is 9.47 Å². The second-order valence-electron chi connectivity index (χ2n) is 4.69. The van der Waals surface area contributed by atoms with Crippen LogP contribution in [0.25, 0.3) is 0 Å². The summed E-state index contributed by atoms with van der Waals surface area (Å²) in [5.41, 5.74) is 0. The van der Waals surface area contributed by atoms with Crippen LogP contribution in [0.1, 0.15) is 40.0 Å². The smallest absolute Gasteiger partial charge is 0.164 e. The summed E-state index contributed by atoms with van der Waals surface area (Å²) in [6.07, 6.45) is 0.876. The maximum atomic E-state index is 9.89. The molecule has 0 bridgehead atoms. The Balaban J connectivity index is 2.55. The van der Waals surface area contributed by atoms with Gasteiger partial charge in [-0.25, -0.2) is 0 Å². The zero-order valence-corrected chi connectivity index (χ0v) is 10.8. The molecule has 0 amide bonds. The normalized spacial score (nSPS) is 28.5. The van der Waals surface area contributed by atoms with Crippen molar-refractivity contribution in [3.05, 3.63) is 0 Å². The molecule has 0 saturated carbocycles. The van der Waals surface area contributed by atoms with Crippen molar-refractivity contribution in [3.8, 4) is 11.8 Å². The lowest BCUT2D eigenvalue weighted by Gasteiger charge is -2.17. The molecule has 3 atom stereocenters. The summed E-state index contributed by atoms with van der Waals surface area (Å²) in [6, 6.07) is 0. The first kappa shape index (κ1) is 14.5. The van der Waals surface area contributed by atoms with Crippen LogP contribution in [0.3, 0.4) is 0 Å². The molecule has 1 saturated heterocycles. The lowest BCUT2D eigenvalue weighted by Crippen LogP contribution is -2.36. The fraction of sp³-hybridized carbons (Fsp3) is 0.846. The minimum absolute atomic E-state index is 0.179. The van der Waals surface area contributed by atoms with Crippen LogP contribution in [0.2, 0.25) is 0 Å². The SMILES string of the molecule is CCCCC#CC(O)C1OC(C)(C)OC1CO. The van der Waals surface area contributed by atoms with Crippen LogP contribution < -0.4 is 0 Å². The molecule has 4 nitrogen and oxygen atoms in total. The van der Waals surface area contributed by atoms with Crippen LogP contribution in [0.4, 0.5) is 0 Å². The molecule has 98 valence electrons. The van der Waals surface area contributed by atoms with Crippen molar-refractivity contribution < 1.29 is 19.7 Å². The van der Waals surface area contributed by atoms with Crippen molar-refractivity contribution in [2.45, 2.75) is 64.1 Å². The monoisotopic (exact) mass is 242 g/mol. The van der Waals surface area contributed by atoms with Gasteiger partial charge >= 0.3 is 0 Å². The van der Waals surface area contributed by atoms with Crippen molar-refractivity contribution in [1.82, 2.24) is 0 Å². The predicted octanol–water partition coefficient (Wildman–Crippen LogP) is 1.05. The van der Waals surface area contributed by atoms with Gasteiger partial charge in [0.25, 0.3) is 0 Å². The summed E-state index contributed by atoms with van der Waals surface area (Å²) in [5.74, 6) is 4.89. The van der Waals surface area contributed by atoms with Gasteiger partial charge in [0.05, 0.1) is 6.61 Å². The van der Waals surface area contributed by atoms with Crippen LogP contribution >= 0.6 is 0 Å². The Hall–Kier alpha value is -0.600. The van der Waals surface area contributed by atoms with E-state index in [-0.39, 0.29) is 6.61 Å². The van der Waals surface area contributed by atoms with Gasteiger partial charge < -0.3 is 19.7 Å². The van der Waals surface area contributed by atoms with Gasteiger partial charge in [-0.3, -0.25) is 0 Å². The highest BCUT2D eigenvalue weighted by Gasteiger charge is 2.44. The van der Waals surface area contributed by atoms with Gasteiger partial charge in [-0.15, -0.1) is 5.92 Å². The second-order valence-corrected chi connectivity index (χ2v) is 4.69. The van der Waals surface area contributed by atoms with E-state index in [2.05, 4.69) is 18.8 Å². The summed E-state index contributed by atoms with van der Waals surface area (Å²) in [4.78, 5) is 0. The number of aliphatic hydroxyl groups is 2. The molecule has 0 aromatic carbocycles. The minimum Gasteiger partial charge on any atom is -0.394 e. The maximum absolute atomic E-state index is 9.89. The largest absolute Gasteiger partial charge is 0.394 e. The Morgan fingerprint density at radius 3 is 2.65 bits per heavy atom. The van der Waals surface area contributed by atoms with Gasteiger partial charge in [-0.2, -0.15) is 0 Å². The first-order valence-corrected chi connectivity index (χ1v) is 6.13. The summed E-state index contributed by atoms with van der Waals surface area (Å²) < 4.78 is 11.0. The minimum atomic E-state index is -0.911. The molecule has 1 fully saturated rings. The molecule has 1 heterocycles. The Morgan fingerprint density at radius 1 is 1.35 bits per heavy atom. The third-order valence-electron chi connectivity index (χ3n) is 2.62. The average Bonchev–Trinajstić information content (AvgIpc) is 2.60. The van der Waals surface area contributed by atoms with Crippen molar-refractivity contribution in [2.75, 3.05) is 6.61 Å². The molecule has 0 aliphatic carbocycles. The topological polar surface area (TPSA) is 58.9 Å². The van der Waals surface area contributed by atoms with E-state index in [9.17, 15) is 5.11 Å². The average molecular weight is 242 g/mol. The molecular formula is C13H22O4. The van der Waals surface area contributed by atoms with Crippen LogP contribution in [0, 0.1) is 11.8 Å². The molecule has 4 heteroatoms. The van der Waals surface area contributed by atoms with E-state index in [1.54, 1.807) is 13.8 Å². The van der Waals surface area contributed by atoms with E-state index in [0.29, 0.717) is 0 Å². The highest BCUT2D eigenvalue weighted by atomic mass is 16.8. The highest BCUT2D eigenvalue weighted by molar-refractivity contribution is 5.09. The third-order valence-corrected chi connectivity index (χ3v) is 2.62. The molecule has 0 aromatic heterocycles. The van der Waals surface area contributed by atoms with Crippen molar-refractivity contribution in [3.63, 3.8) is 0 Å². The number of ether oxygens (including phenoxy) is 2. The second kappa shape index (κ2) is 6.36. The lowest BCUT2D eigenvalue weighted by atomic mass is 10.1.